The molecule has 10 nitrogen and oxygen atoms in total. The molecule has 0 bridgehead atoms. The molecule has 4 heterocycles. The van der Waals surface area contributed by atoms with Gasteiger partial charge in [-0.25, -0.2) is 23.7 Å². The number of H-pyrrole nitrogens is 1. The summed E-state index contributed by atoms with van der Waals surface area (Å²) in [6.45, 7) is 1.32. The maximum absolute atomic E-state index is 13.9. The van der Waals surface area contributed by atoms with E-state index < -0.39 is 18.1 Å². The second kappa shape index (κ2) is 10.5. The van der Waals surface area contributed by atoms with Gasteiger partial charge in [0.25, 0.3) is 0 Å². The number of piperazine rings is 1. The maximum Gasteiger partial charge on any atom is 0.225 e. The van der Waals surface area contributed by atoms with Gasteiger partial charge in [-0.3, -0.25) is 10.1 Å². The lowest BCUT2D eigenvalue weighted by molar-refractivity contribution is 0.0511. The maximum atomic E-state index is 13.9. The van der Waals surface area contributed by atoms with Gasteiger partial charge in [-0.15, -0.1) is 0 Å². The van der Waals surface area contributed by atoms with E-state index in [9.17, 15) is 13.9 Å². The molecule has 1 aliphatic heterocycles. The van der Waals surface area contributed by atoms with Crippen LogP contribution >= 0.6 is 0 Å². The van der Waals surface area contributed by atoms with Crippen LogP contribution in [-0.4, -0.2) is 79.8 Å². The molecule has 4 aromatic rings. The number of anilines is 1. The molecule has 12 heteroatoms. The van der Waals surface area contributed by atoms with E-state index in [1.54, 1.807) is 10.9 Å². The second-order valence-electron chi connectivity index (χ2n) is 9.03. The molecule has 1 saturated heterocycles. The van der Waals surface area contributed by atoms with Crippen molar-refractivity contribution in [2.24, 2.45) is 12.0 Å². The SMILES string of the molecule is Cn1cc(-c2c[nH]c(/C(=N\C=N)N3CCN(c4ncc([C@@](O)(CF)c5ccc(F)cc5)cn4)CC3)c2)cn1. The molecule has 0 radical (unpaired) electrons. The Labute approximate surface area is 217 Å². The zero-order valence-corrected chi connectivity index (χ0v) is 20.7. The number of aryl methyl sites for hydroxylation is 1. The number of benzene rings is 1. The summed E-state index contributed by atoms with van der Waals surface area (Å²) < 4.78 is 29.0. The Morgan fingerprint density at radius 2 is 1.82 bits per heavy atom. The highest BCUT2D eigenvalue weighted by atomic mass is 19.1. The monoisotopic (exact) mass is 519 g/mol. The summed E-state index contributed by atoms with van der Waals surface area (Å²) in [5, 5.41) is 22.7. The number of rotatable bonds is 7. The summed E-state index contributed by atoms with van der Waals surface area (Å²) in [7, 11) is 1.86. The highest BCUT2D eigenvalue weighted by Gasteiger charge is 2.33. The van der Waals surface area contributed by atoms with E-state index in [4.69, 9.17) is 5.41 Å². The Balaban J connectivity index is 1.27. The van der Waals surface area contributed by atoms with Crippen LogP contribution in [0.5, 0.6) is 0 Å². The molecule has 0 unspecified atom stereocenters. The lowest BCUT2D eigenvalue weighted by atomic mass is 9.89. The number of aromatic nitrogens is 5. The number of aliphatic imine (C=N–C) groups is 1. The molecule has 0 amide bonds. The number of nitrogens with zero attached hydrogens (tertiary/aromatic N) is 7. The summed E-state index contributed by atoms with van der Waals surface area (Å²) in [5.41, 5.74) is 1.20. The summed E-state index contributed by atoms with van der Waals surface area (Å²) >= 11 is 0. The molecule has 0 spiro atoms. The van der Waals surface area contributed by atoms with Gasteiger partial charge in [-0.1, -0.05) is 12.1 Å². The highest BCUT2D eigenvalue weighted by molar-refractivity contribution is 6.01. The molecular formula is C26H27F2N9O. The minimum atomic E-state index is -1.96. The van der Waals surface area contributed by atoms with Crippen LogP contribution in [0.25, 0.3) is 11.1 Å². The van der Waals surface area contributed by atoms with Crippen LogP contribution in [0.4, 0.5) is 14.7 Å². The van der Waals surface area contributed by atoms with E-state index in [-0.39, 0.29) is 11.1 Å². The van der Waals surface area contributed by atoms with Gasteiger partial charge in [0.05, 0.1) is 11.9 Å². The van der Waals surface area contributed by atoms with E-state index in [2.05, 4.69) is 29.9 Å². The number of hydrogen-bond acceptors (Lipinski definition) is 6. The first-order valence-electron chi connectivity index (χ1n) is 12.0. The van der Waals surface area contributed by atoms with Crippen LogP contribution in [0.3, 0.4) is 0 Å². The van der Waals surface area contributed by atoms with Crippen molar-refractivity contribution in [3.63, 3.8) is 0 Å². The van der Waals surface area contributed by atoms with Crippen LogP contribution in [0.15, 0.2) is 66.3 Å². The van der Waals surface area contributed by atoms with E-state index >= 15 is 0 Å². The minimum Gasteiger partial charge on any atom is -0.377 e. The smallest absolute Gasteiger partial charge is 0.225 e. The zero-order valence-electron chi connectivity index (χ0n) is 20.7. The van der Waals surface area contributed by atoms with E-state index in [0.717, 1.165) is 23.2 Å². The largest absolute Gasteiger partial charge is 0.377 e. The normalized spacial score (nSPS) is 15.9. The van der Waals surface area contributed by atoms with Crippen LogP contribution in [-0.2, 0) is 12.6 Å². The van der Waals surface area contributed by atoms with Crippen molar-refractivity contribution in [3.05, 3.63) is 84.0 Å². The van der Waals surface area contributed by atoms with Gasteiger partial charge in [0.2, 0.25) is 5.95 Å². The molecule has 0 saturated carbocycles. The number of aromatic amines is 1. The quantitative estimate of drug-likeness (QED) is 0.255. The van der Waals surface area contributed by atoms with Crippen molar-refractivity contribution in [1.29, 1.82) is 5.41 Å². The van der Waals surface area contributed by atoms with Gasteiger partial charge in [0.1, 0.15) is 24.4 Å². The van der Waals surface area contributed by atoms with Crippen molar-refractivity contribution in [2.75, 3.05) is 37.8 Å². The molecule has 3 aromatic heterocycles. The molecule has 1 aromatic carbocycles. The number of halogens is 2. The van der Waals surface area contributed by atoms with Crippen molar-refractivity contribution in [3.8, 4) is 11.1 Å². The second-order valence-corrected chi connectivity index (χ2v) is 9.03. The topological polar surface area (TPSA) is 122 Å². The lowest BCUT2D eigenvalue weighted by Crippen LogP contribution is -2.49. The lowest BCUT2D eigenvalue weighted by Gasteiger charge is -2.36. The molecular weight excluding hydrogens is 492 g/mol. The average molecular weight is 520 g/mol. The number of nitrogens with one attached hydrogen (secondary N) is 2. The van der Waals surface area contributed by atoms with Crippen LogP contribution in [0, 0.1) is 11.2 Å². The predicted octanol–water partition coefficient (Wildman–Crippen LogP) is 2.73. The third-order valence-electron chi connectivity index (χ3n) is 6.64. The van der Waals surface area contributed by atoms with Gasteiger partial charge in [0, 0.05) is 74.7 Å². The molecule has 38 heavy (non-hydrogen) atoms. The molecule has 1 fully saturated rings. The highest BCUT2D eigenvalue weighted by Crippen LogP contribution is 2.30. The zero-order chi connectivity index (χ0) is 26.7. The van der Waals surface area contributed by atoms with Crippen molar-refractivity contribution >= 4 is 18.1 Å². The first kappa shape index (κ1) is 25.2. The molecule has 1 atom stereocenters. The van der Waals surface area contributed by atoms with Gasteiger partial charge in [-0.05, 0) is 23.8 Å². The van der Waals surface area contributed by atoms with Crippen molar-refractivity contribution in [2.45, 2.75) is 5.60 Å². The summed E-state index contributed by atoms with van der Waals surface area (Å²) in [5.74, 6) is 0.649. The Bertz CT molecular complexity index is 1420. The fourth-order valence-corrected chi connectivity index (χ4v) is 4.51. The van der Waals surface area contributed by atoms with Crippen LogP contribution < -0.4 is 4.90 Å². The van der Waals surface area contributed by atoms with E-state index in [1.807, 2.05) is 30.4 Å². The number of hydrogen-bond donors (Lipinski definition) is 3. The fourth-order valence-electron chi connectivity index (χ4n) is 4.51. The van der Waals surface area contributed by atoms with Crippen LogP contribution in [0.1, 0.15) is 16.8 Å². The fraction of sp³-hybridized carbons (Fsp3) is 0.269. The Morgan fingerprint density at radius 1 is 1.11 bits per heavy atom. The Morgan fingerprint density at radius 3 is 2.42 bits per heavy atom. The van der Waals surface area contributed by atoms with Gasteiger partial charge in [-0.2, -0.15) is 5.10 Å². The van der Waals surface area contributed by atoms with Crippen LogP contribution in [0.2, 0.25) is 0 Å². The molecule has 196 valence electrons. The standard InChI is InChI=1S/C26H27F2N9O/c1-35-15-19(12-34-35)18-10-23(30-11-18)24(33-17-29)36-6-8-37(9-7-36)25-31-13-21(14-32-25)26(38,16-27)20-2-4-22(28)5-3-20/h2-5,10-15,17,29-30,38H,6-9,16H2,1H3/b29-17?,33-24+/t26-/m1/s1. The third-order valence-corrected chi connectivity index (χ3v) is 6.64. The summed E-state index contributed by atoms with van der Waals surface area (Å²) in [4.78, 5) is 20.4. The van der Waals surface area contributed by atoms with Crippen molar-refractivity contribution in [1.82, 2.24) is 29.6 Å². The number of amidine groups is 1. The summed E-state index contributed by atoms with van der Waals surface area (Å²) in [6, 6.07) is 7.03. The van der Waals surface area contributed by atoms with E-state index in [0.29, 0.717) is 38.0 Å². The number of alkyl halides is 1. The van der Waals surface area contributed by atoms with Gasteiger partial charge in [0.15, 0.2) is 5.84 Å². The average Bonchev–Trinajstić information content (AvgIpc) is 3.61. The predicted molar refractivity (Wildman–Crippen MR) is 140 cm³/mol. The first-order chi connectivity index (χ1) is 18.4. The van der Waals surface area contributed by atoms with E-state index in [1.165, 1.54) is 36.7 Å². The molecule has 5 rings (SSSR count). The third kappa shape index (κ3) is 4.90. The molecule has 0 aliphatic carbocycles. The number of aliphatic hydroxyl groups is 1. The summed E-state index contributed by atoms with van der Waals surface area (Å²) in [6.07, 6.45) is 9.44. The molecule has 1 aliphatic rings. The molecule has 3 N–H and O–H groups in total. The minimum absolute atomic E-state index is 0.186. The van der Waals surface area contributed by atoms with Crippen molar-refractivity contribution < 1.29 is 13.9 Å². The Kier molecular flexibility index (Phi) is 6.97. The van der Waals surface area contributed by atoms with Gasteiger partial charge < -0.3 is 19.9 Å². The van der Waals surface area contributed by atoms with Gasteiger partial charge >= 0.3 is 0 Å². The Hall–Kier alpha value is -4.45. The first-order valence-corrected chi connectivity index (χ1v) is 12.0.